The van der Waals surface area contributed by atoms with Gasteiger partial charge in [-0.2, -0.15) is 0 Å². The van der Waals surface area contributed by atoms with Crippen molar-refractivity contribution in [3.8, 4) is 0 Å². The summed E-state index contributed by atoms with van der Waals surface area (Å²) in [4.78, 5) is 12.3. The lowest BCUT2D eigenvalue weighted by atomic mass is 10.0. The van der Waals surface area contributed by atoms with Gasteiger partial charge in [0.1, 0.15) is 16.5 Å². The molecule has 0 aliphatic heterocycles. The van der Waals surface area contributed by atoms with Crippen molar-refractivity contribution in [2.75, 3.05) is 0 Å². The van der Waals surface area contributed by atoms with Crippen molar-refractivity contribution < 1.29 is 13.6 Å². The maximum atomic E-state index is 13.5. The summed E-state index contributed by atoms with van der Waals surface area (Å²) in [6.07, 6.45) is 0. The standard InChI is InChI=1S/C12H10F2N2OS/c1-6(2)10-12(18-16-15-10)11(17)9-7(13)4-3-5-8(9)14/h3-6H,1-2H3. The van der Waals surface area contributed by atoms with Gasteiger partial charge in [0.2, 0.25) is 5.78 Å². The monoisotopic (exact) mass is 268 g/mol. The predicted octanol–water partition coefficient (Wildman–Crippen LogP) is 3.17. The zero-order valence-corrected chi connectivity index (χ0v) is 10.6. The Morgan fingerprint density at radius 1 is 1.28 bits per heavy atom. The zero-order valence-electron chi connectivity index (χ0n) is 9.78. The molecule has 2 aromatic rings. The quantitative estimate of drug-likeness (QED) is 0.803. The number of carbonyl (C=O) groups excluding carboxylic acids is 1. The van der Waals surface area contributed by atoms with Crippen LogP contribution < -0.4 is 0 Å². The number of benzene rings is 1. The maximum absolute atomic E-state index is 13.5. The van der Waals surface area contributed by atoms with Crippen LogP contribution in [0.4, 0.5) is 8.78 Å². The van der Waals surface area contributed by atoms with Crippen LogP contribution in [0.15, 0.2) is 18.2 Å². The number of ketones is 1. The molecule has 0 radical (unpaired) electrons. The summed E-state index contributed by atoms with van der Waals surface area (Å²) in [6.45, 7) is 3.68. The number of nitrogens with zero attached hydrogens (tertiary/aromatic N) is 2. The molecular weight excluding hydrogens is 258 g/mol. The molecule has 0 aliphatic carbocycles. The number of rotatable bonds is 3. The van der Waals surface area contributed by atoms with Crippen molar-refractivity contribution >= 4 is 17.3 Å². The first-order valence-corrected chi connectivity index (χ1v) is 6.10. The van der Waals surface area contributed by atoms with Gasteiger partial charge in [0.05, 0.1) is 11.3 Å². The van der Waals surface area contributed by atoms with Gasteiger partial charge >= 0.3 is 0 Å². The third-order valence-corrected chi connectivity index (χ3v) is 3.20. The van der Waals surface area contributed by atoms with E-state index in [-0.39, 0.29) is 10.8 Å². The molecule has 94 valence electrons. The molecule has 18 heavy (non-hydrogen) atoms. The molecule has 0 bridgehead atoms. The lowest BCUT2D eigenvalue weighted by Gasteiger charge is -2.05. The minimum absolute atomic E-state index is 0.0301. The molecule has 0 saturated heterocycles. The largest absolute Gasteiger partial charge is 0.287 e. The summed E-state index contributed by atoms with van der Waals surface area (Å²) in [6, 6.07) is 3.33. The van der Waals surface area contributed by atoms with Crippen LogP contribution >= 0.6 is 11.5 Å². The Labute approximate surface area is 107 Å². The van der Waals surface area contributed by atoms with Crippen molar-refractivity contribution in [1.29, 1.82) is 0 Å². The molecule has 0 aliphatic rings. The van der Waals surface area contributed by atoms with Crippen molar-refractivity contribution in [1.82, 2.24) is 9.59 Å². The Bertz CT molecular complexity index is 575. The van der Waals surface area contributed by atoms with Crippen molar-refractivity contribution in [3.63, 3.8) is 0 Å². The first kappa shape index (κ1) is 12.8. The third-order valence-electron chi connectivity index (χ3n) is 2.46. The Hall–Kier alpha value is -1.69. The van der Waals surface area contributed by atoms with Gasteiger partial charge < -0.3 is 0 Å². The topological polar surface area (TPSA) is 42.9 Å². The van der Waals surface area contributed by atoms with Crippen LogP contribution in [0.5, 0.6) is 0 Å². The number of halogens is 2. The van der Waals surface area contributed by atoms with Crippen molar-refractivity contribution in [2.45, 2.75) is 19.8 Å². The number of hydrogen-bond donors (Lipinski definition) is 0. The van der Waals surface area contributed by atoms with Gasteiger partial charge in [0, 0.05) is 0 Å². The average molecular weight is 268 g/mol. The summed E-state index contributed by atoms with van der Waals surface area (Å²) < 4.78 is 30.7. The molecule has 0 spiro atoms. The summed E-state index contributed by atoms with van der Waals surface area (Å²) in [5.41, 5.74) is -0.0851. The van der Waals surface area contributed by atoms with Gasteiger partial charge in [-0.15, -0.1) is 5.10 Å². The molecule has 2 rings (SSSR count). The van der Waals surface area contributed by atoms with Crippen LogP contribution in [0, 0.1) is 11.6 Å². The Morgan fingerprint density at radius 3 is 2.44 bits per heavy atom. The third kappa shape index (κ3) is 2.15. The molecule has 1 aromatic heterocycles. The highest BCUT2D eigenvalue weighted by molar-refractivity contribution is 7.08. The summed E-state index contributed by atoms with van der Waals surface area (Å²) in [5, 5.41) is 3.82. The van der Waals surface area contributed by atoms with Crippen LogP contribution in [-0.2, 0) is 0 Å². The van der Waals surface area contributed by atoms with Crippen molar-refractivity contribution in [2.24, 2.45) is 0 Å². The summed E-state index contributed by atoms with van der Waals surface area (Å²) in [5.74, 6) is -2.48. The minimum Gasteiger partial charge on any atom is -0.287 e. The van der Waals surface area contributed by atoms with E-state index in [1.165, 1.54) is 6.07 Å². The first-order chi connectivity index (χ1) is 8.52. The van der Waals surface area contributed by atoms with Crippen molar-refractivity contribution in [3.05, 3.63) is 46.0 Å². The Morgan fingerprint density at radius 2 is 1.89 bits per heavy atom. The smallest absolute Gasteiger partial charge is 0.212 e. The van der Waals surface area contributed by atoms with E-state index in [9.17, 15) is 13.6 Å². The number of aromatic nitrogens is 2. The number of hydrogen-bond acceptors (Lipinski definition) is 4. The molecule has 0 N–H and O–H groups in total. The highest BCUT2D eigenvalue weighted by atomic mass is 32.1. The highest BCUT2D eigenvalue weighted by Crippen LogP contribution is 2.25. The van der Waals surface area contributed by atoms with Gasteiger partial charge in [-0.05, 0) is 29.6 Å². The van der Waals surface area contributed by atoms with Crippen LogP contribution in [0.2, 0.25) is 0 Å². The van der Waals surface area contributed by atoms with Crippen LogP contribution in [0.3, 0.4) is 0 Å². The fraction of sp³-hybridized carbons (Fsp3) is 0.250. The Balaban J connectivity index is 2.52. The minimum atomic E-state index is -0.872. The fourth-order valence-electron chi connectivity index (χ4n) is 1.56. The van der Waals surface area contributed by atoms with Crippen LogP contribution in [0.25, 0.3) is 0 Å². The summed E-state index contributed by atoms with van der Waals surface area (Å²) in [7, 11) is 0. The first-order valence-electron chi connectivity index (χ1n) is 5.33. The molecule has 1 heterocycles. The lowest BCUT2D eigenvalue weighted by Crippen LogP contribution is -2.09. The van der Waals surface area contributed by atoms with Crippen LogP contribution in [-0.4, -0.2) is 15.4 Å². The average Bonchev–Trinajstić information content (AvgIpc) is 2.77. The van der Waals surface area contributed by atoms with E-state index in [1.54, 1.807) is 0 Å². The molecular formula is C12H10F2N2OS. The fourth-order valence-corrected chi connectivity index (χ4v) is 2.33. The molecule has 0 atom stereocenters. The molecule has 0 saturated carbocycles. The molecule has 1 aromatic carbocycles. The second-order valence-electron chi connectivity index (χ2n) is 4.07. The Kier molecular flexibility index (Phi) is 3.47. The van der Waals surface area contributed by atoms with E-state index >= 15 is 0 Å². The molecule has 0 amide bonds. The normalized spacial score (nSPS) is 10.9. The van der Waals surface area contributed by atoms with E-state index in [0.717, 1.165) is 23.7 Å². The second kappa shape index (κ2) is 4.89. The van der Waals surface area contributed by atoms with Gasteiger partial charge in [0.25, 0.3) is 0 Å². The van der Waals surface area contributed by atoms with E-state index < -0.39 is 23.0 Å². The van der Waals surface area contributed by atoms with Gasteiger partial charge in [0.15, 0.2) is 0 Å². The second-order valence-corrected chi connectivity index (χ2v) is 4.82. The van der Waals surface area contributed by atoms with Gasteiger partial charge in [-0.25, -0.2) is 8.78 Å². The molecule has 0 unspecified atom stereocenters. The van der Waals surface area contributed by atoms with Gasteiger partial charge in [-0.3, -0.25) is 4.79 Å². The van der Waals surface area contributed by atoms with Crippen LogP contribution in [0.1, 0.15) is 40.7 Å². The SMILES string of the molecule is CC(C)c1nnsc1C(=O)c1c(F)cccc1F. The van der Waals surface area contributed by atoms with E-state index in [1.807, 2.05) is 13.8 Å². The van der Waals surface area contributed by atoms with Gasteiger partial charge in [-0.1, -0.05) is 24.4 Å². The van der Waals surface area contributed by atoms with E-state index in [2.05, 4.69) is 9.59 Å². The highest BCUT2D eigenvalue weighted by Gasteiger charge is 2.25. The molecule has 0 fully saturated rings. The maximum Gasteiger partial charge on any atom is 0.212 e. The zero-order chi connectivity index (χ0) is 13.3. The molecule has 6 heteroatoms. The molecule has 3 nitrogen and oxygen atoms in total. The predicted molar refractivity (Wildman–Crippen MR) is 63.8 cm³/mol. The number of carbonyl (C=O) groups is 1. The summed E-state index contributed by atoms with van der Waals surface area (Å²) >= 11 is 0.854. The van der Waals surface area contributed by atoms with E-state index in [0.29, 0.717) is 5.69 Å². The van der Waals surface area contributed by atoms with E-state index in [4.69, 9.17) is 0 Å². The lowest BCUT2D eigenvalue weighted by molar-refractivity contribution is 0.103.